The zero-order chi connectivity index (χ0) is 5.98. The lowest BCUT2D eigenvalue weighted by Gasteiger charge is -1.83. The van der Waals surface area contributed by atoms with Gasteiger partial charge in [0.1, 0.15) is 0 Å². The summed E-state index contributed by atoms with van der Waals surface area (Å²) in [4.78, 5) is 3.90. The van der Waals surface area contributed by atoms with Crippen molar-refractivity contribution in [3.8, 4) is 6.01 Å². The number of hydrogen-bond donors (Lipinski definition) is 0. The molecule has 1 rings (SSSR count). The maximum Gasteiger partial charge on any atom is 0.329 e. The van der Waals surface area contributed by atoms with E-state index in [2.05, 4.69) is 31.9 Å². The highest BCUT2D eigenvalue weighted by Gasteiger charge is 1.96. The van der Waals surface area contributed by atoms with E-state index in [1.54, 1.807) is 7.11 Å². The van der Waals surface area contributed by atoms with Gasteiger partial charge in [0.15, 0.2) is 3.01 Å². The number of methoxy groups -OCH3 is 1. The molecule has 3 nitrogen and oxygen atoms in total. The monoisotopic (exact) mass is 242 g/mol. The highest BCUT2D eigenvalue weighted by atomic mass is 127. The maximum absolute atomic E-state index is 4.72. The Labute approximate surface area is 64.4 Å². The van der Waals surface area contributed by atoms with Crippen molar-refractivity contribution < 1.29 is 4.74 Å². The molecule has 0 aliphatic rings. The summed E-state index contributed by atoms with van der Waals surface area (Å²) in [5.74, 6) is 0. The molecule has 44 valence electrons. The van der Waals surface area contributed by atoms with Gasteiger partial charge in [0.2, 0.25) is 0 Å². The summed E-state index contributed by atoms with van der Waals surface area (Å²) in [6.45, 7) is 0. The average Bonchev–Trinajstić information content (AvgIpc) is 2.14. The van der Waals surface area contributed by atoms with Crippen LogP contribution in [0.2, 0.25) is 0 Å². The van der Waals surface area contributed by atoms with Crippen LogP contribution in [0.4, 0.5) is 0 Å². The second kappa shape index (κ2) is 2.58. The van der Waals surface area contributed by atoms with Crippen LogP contribution in [0, 0.1) is 3.01 Å². The van der Waals surface area contributed by atoms with Gasteiger partial charge in [-0.2, -0.15) is 4.98 Å². The molecule has 1 heterocycles. The highest BCUT2D eigenvalue weighted by Crippen LogP contribution is 2.11. The Kier molecular flexibility index (Phi) is 2.01. The van der Waals surface area contributed by atoms with Crippen molar-refractivity contribution in [1.29, 1.82) is 0 Å². The van der Waals surface area contributed by atoms with Crippen LogP contribution < -0.4 is 4.74 Å². The summed E-state index contributed by atoms with van der Waals surface area (Å²) < 4.78 is 9.46. The van der Waals surface area contributed by atoms with Crippen LogP contribution in [-0.2, 0) is 0 Å². The minimum atomic E-state index is 0.458. The number of ether oxygens (including phenoxy) is 1. The van der Waals surface area contributed by atoms with Gasteiger partial charge in [0, 0.05) is 0 Å². The van der Waals surface area contributed by atoms with E-state index in [0.29, 0.717) is 6.01 Å². The van der Waals surface area contributed by atoms with E-state index < -0.39 is 0 Å². The Morgan fingerprint density at radius 2 is 2.50 bits per heavy atom. The molecule has 8 heavy (non-hydrogen) atoms. The average molecular weight is 242 g/mol. The van der Waals surface area contributed by atoms with E-state index in [-0.39, 0.29) is 0 Å². The number of halogens is 1. The van der Waals surface area contributed by atoms with Crippen molar-refractivity contribution >= 4 is 34.1 Å². The van der Waals surface area contributed by atoms with Gasteiger partial charge >= 0.3 is 6.01 Å². The highest BCUT2D eigenvalue weighted by molar-refractivity contribution is 14.1. The first-order chi connectivity index (χ1) is 3.83. The predicted octanol–water partition coefficient (Wildman–Crippen LogP) is 1.15. The molecule has 0 saturated heterocycles. The molecule has 0 fully saturated rings. The quantitative estimate of drug-likeness (QED) is 0.693. The predicted molar refractivity (Wildman–Crippen MR) is 39.2 cm³/mol. The zero-order valence-electron chi connectivity index (χ0n) is 4.09. The fourth-order valence-electron chi connectivity index (χ4n) is 0.276. The molecule has 0 N–H and O–H groups in total. The Hall–Kier alpha value is 0.0900. The number of nitrogens with zero attached hydrogens (tertiary/aromatic N) is 2. The molecule has 0 atom stereocenters. The number of aromatic nitrogens is 2. The van der Waals surface area contributed by atoms with E-state index in [0.717, 1.165) is 3.01 Å². The molecule has 0 amide bonds. The summed E-state index contributed by atoms with van der Waals surface area (Å²) in [5.41, 5.74) is 0. The van der Waals surface area contributed by atoms with Gasteiger partial charge in [-0.1, -0.05) is 0 Å². The van der Waals surface area contributed by atoms with Gasteiger partial charge in [0.05, 0.1) is 7.11 Å². The Bertz CT molecular complexity index is 178. The van der Waals surface area contributed by atoms with Crippen molar-refractivity contribution in [2.45, 2.75) is 0 Å². The Balaban J connectivity index is 2.84. The second-order valence-corrected chi connectivity index (χ2v) is 3.54. The van der Waals surface area contributed by atoms with Crippen LogP contribution in [-0.4, -0.2) is 16.5 Å². The van der Waals surface area contributed by atoms with Crippen LogP contribution in [0.5, 0.6) is 6.01 Å². The summed E-state index contributed by atoms with van der Waals surface area (Å²) in [7, 11) is 1.55. The van der Waals surface area contributed by atoms with Gasteiger partial charge in [0.25, 0.3) is 0 Å². The number of rotatable bonds is 1. The second-order valence-electron chi connectivity index (χ2n) is 1.03. The molecule has 1 aromatic heterocycles. The largest absolute Gasteiger partial charge is 0.466 e. The van der Waals surface area contributed by atoms with Crippen LogP contribution in [0.3, 0.4) is 0 Å². The van der Waals surface area contributed by atoms with Crippen LogP contribution in [0.1, 0.15) is 0 Å². The molecular formula is C3H3IN2OS. The maximum atomic E-state index is 4.72. The summed E-state index contributed by atoms with van der Waals surface area (Å²) in [5, 5.41) is 0. The van der Waals surface area contributed by atoms with Crippen molar-refractivity contribution in [3.63, 3.8) is 0 Å². The van der Waals surface area contributed by atoms with E-state index in [1.807, 2.05) is 0 Å². The van der Waals surface area contributed by atoms with E-state index >= 15 is 0 Å². The molecule has 1 aromatic rings. The summed E-state index contributed by atoms with van der Waals surface area (Å²) in [6.07, 6.45) is 0. The van der Waals surface area contributed by atoms with Gasteiger partial charge < -0.3 is 4.74 Å². The van der Waals surface area contributed by atoms with Gasteiger partial charge in [-0.25, -0.2) is 0 Å². The van der Waals surface area contributed by atoms with Crippen molar-refractivity contribution in [1.82, 2.24) is 9.36 Å². The van der Waals surface area contributed by atoms with Crippen LogP contribution in [0.25, 0.3) is 0 Å². The lowest BCUT2D eigenvalue weighted by atomic mass is 11.2. The minimum absolute atomic E-state index is 0.458. The smallest absolute Gasteiger partial charge is 0.329 e. The molecular weight excluding hydrogens is 239 g/mol. The van der Waals surface area contributed by atoms with Gasteiger partial charge in [-0.15, -0.1) is 4.37 Å². The first kappa shape index (κ1) is 6.21. The SMILES string of the molecule is COc1nsc(I)n1. The Morgan fingerprint density at radius 3 is 2.75 bits per heavy atom. The molecule has 0 unspecified atom stereocenters. The minimum Gasteiger partial charge on any atom is -0.466 e. The molecule has 0 saturated carbocycles. The third-order valence-electron chi connectivity index (χ3n) is 0.565. The topological polar surface area (TPSA) is 35.0 Å². The van der Waals surface area contributed by atoms with Gasteiger partial charge in [-0.05, 0) is 34.1 Å². The molecule has 0 aliphatic carbocycles. The fourth-order valence-corrected chi connectivity index (χ4v) is 1.17. The summed E-state index contributed by atoms with van der Waals surface area (Å²) in [6, 6.07) is 0.458. The van der Waals surface area contributed by atoms with Crippen molar-refractivity contribution in [3.05, 3.63) is 3.01 Å². The first-order valence-corrected chi connectivity index (χ1v) is 3.71. The van der Waals surface area contributed by atoms with Gasteiger partial charge in [-0.3, -0.25) is 0 Å². The lowest BCUT2D eigenvalue weighted by Crippen LogP contribution is -1.82. The molecule has 0 aliphatic heterocycles. The molecule has 0 spiro atoms. The van der Waals surface area contributed by atoms with Crippen molar-refractivity contribution in [2.24, 2.45) is 0 Å². The molecule has 0 radical (unpaired) electrons. The third-order valence-corrected chi connectivity index (χ3v) is 1.89. The number of hydrogen-bond acceptors (Lipinski definition) is 4. The van der Waals surface area contributed by atoms with Crippen molar-refractivity contribution in [2.75, 3.05) is 7.11 Å². The van der Waals surface area contributed by atoms with Crippen LogP contribution >= 0.6 is 34.1 Å². The fraction of sp³-hybridized carbons (Fsp3) is 0.333. The lowest BCUT2D eigenvalue weighted by molar-refractivity contribution is 0.385. The van der Waals surface area contributed by atoms with Crippen LogP contribution in [0.15, 0.2) is 0 Å². The third kappa shape index (κ3) is 1.28. The summed E-state index contributed by atoms with van der Waals surface area (Å²) >= 11 is 3.42. The van der Waals surface area contributed by atoms with E-state index in [1.165, 1.54) is 11.5 Å². The Morgan fingerprint density at radius 1 is 1.75 bits per heavy atom. The molecule has 5 heteroatoms. The van der Waals surface area contributed by atoms with E-state index in [4.69, 9.17) is 4.74 Å². The standard InChI is InChI=1S/C3H3IN2OS/c1-7-3-5-2(4)8-6-3/h1H3. The molecule has 0 bridgehead atoms. The van der Waals surface area contributed by atoms with E-state index in [9.17, 15) is 0 Å². The molecule has 0 aromatic carbocycles. The first-order valence-electron chi connectivity index (χ1n) is 1.86. The zero-order valence-corrected chi connectivity index (χ0v) is 7.06. The normalized spacial score (nSPS) is 9.25.